The summed E-state index contributed by atoms with van der Waals surface area (Å²) in [5.41, 5.74) is 1.14. The van der Waals surface area contributed by atoms with Gasteiger partial charge in [-0.1, -0.05) is 6.07 Å². The first-order chi connectivity index (χ1) is 12.7. The Morgan fingerprint density at radius 1 is 0.852 bits per heavy atom. The van der Waals surface area contributed by atoms with Crippen LogP contribution in [0, 0.1) is 0 Å². The molecule has 0 unspecified atom stereocenters. The molecule has 3 aromatic carbocycles. The number of aryl methyl sites for hydroxylation is 1. The third kappa shape index (κ3) is 2.54. The zero-order valence-corrected chi connectivity index (χ0v) is 17.4. The fraction of sp³-hybridized carbons (Fsp3) is 0.190. The van der Waals surface area contributed by atoms with Gasteiger partial charge in [0, 0.05) is 5.39 Å². The molecule has 5 rings (SSSR count). The molecule has 4 aromatic rings. The highest BCUT2D eigenvalue weighted by atomic mass is 127. The summed E-state index contributed by atoms with van der Waals surface area (Å²) in [5.74, 6) is 3.06. The highest BCUT2D eigenvalue weighted by molar-refractivity contribution is 6.15. The minimum Gasteiger partial charge on any atom is -1.00 e. The van der Waals surface area contributed by atoms with E-state index in [1.807, 2.05) is 19.2 Å². The lowest BCUT2D eigenvalue weighted by atomic mass is 10.00. The third-order valence-corrected chi connectivity index (χ3v) is 5.03. The van der Waals surface area contributed by atoms with E-state index >= 15 is 0 Å². The predicted octanol–water partition coefficient (Wildman–Crippen LogP) is 0.721. The molecule has 0 spiro atoms. The normalized spacial score (nSPS) is 12.4. The van der Waals surface area contributed by atoms with E-state index in [9.17, 15) is 0 Å². The summed E-state index contributed by atoms with van der Waals surface area (Å²) in [6.07, 6.45) is 2.09. The van der Waals surface area contributed by atoms with E-state index in [1.165, 1.54) is 0 Å². The van der Waals surface area contributed by atoms with Crippen LogP contribution in [0.1, 0.15) is 0 Å². The lowest BCUT2D eigenvalue weighted by molar-refractivity contribution is -0.642. The van der Waals surface area contributed by atoms with Crippen molar-refractivity contribution in [2.45, 2.75) is 0 Å². The number of aromatic nitrogens is 1. The molecule has 0 aliphatic carbocycles. The maximum absolute atomic E-state index is 5.63. The number of methoxy groups -OCH3 is 2. The Bertz CT molecular complexity index is 1210. The van der Waals surface area contributed by atoms with Crippen molar-refractivity contribution in [3.8, 4) is 23.0 Å². The van der Waals surface area contributed by atoms with Crippen molar-refractivity contribution in [2.75, 3.05) is 21.0 Å². The summed E-state index contributed by atoms with van der Waals surface area (Å²) < 4.78 is 24.3. The van der Waals surface area contributed by atoms with E-state index in [-0.39, 0.29) is 30.8 Å². The average molecular weight is 475 g/mol. The molecule has 0 N–H and O–H groups in total. The summed E-state index contributed by atoms with van der Waals surface area (Å²) in [7, 11) is 5.37. The monoisotopic (exact) mass is 475 g/mol. The molecule has 6 heteroatoms. The van der Waals surface area contributed by atoms with Crippen LogP contribution >= 0.6 is 0 Å². The fourth-order valence-corrected chi connectivity index (χ4v) is 3.87. The van der Waals surface area contributed by atoms with Gasteiger partial charge in [-0.2, -0.15) is 4.57 Å². The molecule has 0 bridgehead atoms. The van der Waals surface area contributed by atoms with Crippen molar-refractivity contribution in [2.24, 2.45) is 7.05 Å². The highest BCUT2D eigenvalue weighted by Gasteiger charge is 2.21. The summed E-state index contributed by atoms with van der Waals surface area (Å²) in [4.78, 5) is 0. The second-order valence-electron chi connectivity index (χ2n) is 6.39. The minimum atomic E-state index is 0. The Kier molecular flexibility index (Phi) is 4.38. The van der Waals surface area contributed by atoms with E-state index in [4.69, 9.17) is 18.9 Å². The average Bonchev–Trinajstić information content (AvgIpc) is 3.12. The number of rotatable bonds is 2. The largest absolute Gasteiger partial charge is 1.00 e. The standard InChI is InChI=1S/C21H18NO4.HI/c1-22-10-16-13(6-7-17(23-2)21(16)24-3)14-5-4-12-8-18-19(26-11-25-18)9-15(12)20(14)22;/h4-10H,11H2,1-3H3;1H/q+1;/p-1. The second kappa shape index (κ2) is 6.60. The molecular weight excluding hydrogens is 457 g/mol. The minimum absolute atomic E-state index is 0. The smallest absolute Gasteiger partial charge is 0.231 e. The van der Waals surface area contributed by atoms with Gasteiger partial charge in [0.1, 0.15) is 7.05 Å². The van der Waals surface area contributed by atoms with Gasteiger partial charge in [-0.15, -0.1) is 0 Å². The van der Waals surface area contributed by atoms with Crippen LogP contribution in [0.2, 0.25) is 0 Å². The Balaban J connectivity index is 0.00000180. The van der Waals surface area contributed by atoms with E-state index in [2.05, 4.69) is 35.0 Å². The zero-order valence-electron chi connectivity index (χ0n) is 15.2. The van der Waals surface area contributed by atoms with Crippen LogP contribution in [0.3, 0.4) is 0 Å². The van der Waals surface area contributed by atoms with E-state index in [0.717, 1.165) is 55.4 Å². The van der Waals surface area contributed by atoms with Gasteiger partial charge < -0.3 is 42.9 Å². The number of halogens is 1. The second-order valence-corrected chi connectivity index (χ2v) is 6.39. The molecule has 0 radical (unpaired) electrons. The maximum atomic E-state index is 5.63. The van der Waals surface area contributed by atoms with Crippen LogP contribution in [0.5, 0.6) is 23.0 Å². The van der Waals surface area contributed by atoms with Crippen molar-refractivity contribution >= 4 is 32.4 Å². The van der Waals surface area contributed by atoms with Crippen LogP contribution in [-0.2, 0) is 7.05 Å². The van der Waals surface area contributed by atoms with Gasteiger partial charge in [-0.25, -0.2) is 0 Å². The first-order valence-electron chi connectivity index (χ1n) is 8.40. The molecule has 1 aromatic heterocycles. The topological polar surface area (TPSA) is 40.8 Å². The molecule has 138 valence electrons. The van der Waals surface area contributed by atoms with Gasteiger partial charge in [-0.3, -0.25) is 0 Å². The van der Waals surface area contributed by atoms with Crippen LogP contribution in [0.4, 0.5) is 0 Å². The molecular formula is C21H18INO4. The summed E-state index contributed by atoms with van der Waals surface area (Å²) >= 11 is 0. The Labute approximate surface area is 173 Å². The number of pyridine rings is 1. The highest BCUT2D eigenvalue weighted by Crippen LogP contribution is 2.41. The molecule has 27 heavy (non-hydrogen) atoms. The first kappa shape index (κ1) is 17.9. The summed E-state index contributed by atoms with van der Waals surface area (Å²) in [6, 6.07) is 12.4. The van der Waals surface area contributed by atoms with Gasteiger partial charge in [0.25, 0.3) is 0 Å². The first-order valence-corrected chi connectivity index (χ1v) is 8.40. The molecule has 1 aliphatic heterocycles. The molecule has 0 saturated heterocycles. The Hall–Kier alpha value is -2.48. The van der Waals surface area contributed by atoms with Gasteiger partial charge >= 0.3 is 0 Å². The van der Waals surface area contributed by atoms with Crippen molar-refractivity contribution in [3.05, 3.63) is 42.6 Å². The SMILES string of the molecule is COc1ccc2c(c[n+](C)c3c4cc5c(cc4ccc23)OCO5)c1OC.[I-]. The van der Waals surface area contributed by atoms with E-state index in [1.54, 1.807) is 14.2 Å². The lowest BCUT2D eigenvalue weighted by Crippen LogP contribution is -3.00. The molecule has 0 atom stereocenters. The van der Waals surface area contributed by atoms with Crippen molar-refractivity contribution in [1.82, 2.24) is 0 Å². The lowest BCUT2D eigenvalue weighted by Gasteiger charge is -2.12. The quantitative estimate of drug-likeness (QED) is 0.244. The molecule has 5 nitrogen and oxygen atoms in total. The molecule has 1 aliphatic rings. The van der Waals surface area contributed by atoms with Gasteiger partial charge in [0.2, 0.25) is 12.3 Å². The van der Waals surface area contributed by atoms with Crippen LogP contribution in [0.25, 0.3) is 32.4 Å². The number of benzene rings is 3. The molecule has 0 saturated carbocycles. The number of hydrogen-bond acceptors (Lipinski definition) is 4. The molecule has 2 heterocycles. The fourth-order valence-electron chi connectivity index (χ4n) is 3.87. The third-order valence-electron chi connectivity index (χ3n) is 5.03. The summed E-state index contributed by atoms with van der Waals surface area (Å²) in [5, 5.41) is 5.54. The van der Waals surface area contributed by atoms with E-state index < -0.39 is 0 Å². The summed E-state index contributed by atoms with van der Waals surface area (Å²) in [6.45, 7) is 0.273. The van der Waals surface area contributed by atoms with Crippen LogP contribution in [0.15, 0.2) is 42.6 Å². The van der Waals surface area contributed by atoms with Gasteiger partial charge in [-0.05, 0) is 35.7 Å². The molecule has 0 amide bonds. The number of ether oxygens (including phenoxy) is 4. The van der Waals surface area contributed by atoms with Gasteiger partial charge in [0.15, 0.2) is 29.2 Å². The predicted molar refractivity (Wildman–Crippen MR) is 99.4 cm³/mol. The van der Waals surface area contributed by atoms with Crippen molar-refractivity contribution in [1.29, 1.82) is 0 Å². The number of hydrogen-bond donors (Lipinski definition) is 0. The maximum Gasteiger partial charge on any atom is 0.231 e. The van der Waals surface area contributed by atoms with Gasteiger partial charge in [0.05, 0.1) is 30.4 Å². The van der Waals surface area contributed by atoms with Crippen LogP contribution in [-0.4, -0.2) is 21.0 Å². The number of fused-ring (bicyclic) bond motifs is 6. The van der Waals surface area contributed by atoms with Crippen LogP contribution < -0.4 is 47.5 Å². The Morgan fingerprint density at radius 2 is 1.59 bits per heavy atom. The Morgan fingerprint density at radius 3 is 2.33 bits per heavy atom. The zero-order chi connectivity index (χ0) is 17.8. The van der Waals surface area contributed by atoms with Crippen molar-refractivity contribution < 1.29 is 47.5 Å². The van der Waals surface area contributed by atoms with Crippen molar-refractivity contribution in [3.63, 3.8) is 0 Å². The van der Waals surface area contributed by atoms with E-state index in [0.29, 0.717) is 0 Å². The number of nitrogens with zero attached hydrogens (tertiary/aromatic N) is 1. The molecule has 0 fully saturated rings.